The van der Waals surface area contributed by atoms with Gasteiger partial charge >= 0.3 is 6.03 Å². The molecule has 1 unspecified atom stereocenters. The molecule has 3 amide bonds. The van der Waals surface area contributed by atoms with Crippen molar-refractivity contribution in [3.63, 3.8) is 0 Å². The molecule has 8 nitrogen and oxygen atoms in total. The fourth-order valence-corrected chi connectivity index (χ4v) is 4.32. The van der Waals surface area contributed by atoms with E-state index in [1.54, 1.807) is 0 Å². The highest BCUT2D eigenvalue weighted by atomic mass is 19.1. The minimum atomic E-state index is -1.13. The van der Waals surface area contributed by atoms with Gasteiger partial charge in [0, 0.05) is 39.0 Å². The van der Waals surface area contributed by atoms with Crippen molar-refractivity contribution in [1.29, 1.82) is 0 Å². The summed E-state index contributed by atoms with van der Waals surface area (Å²) >= 11 is 0. The zero-order valence-corrected chi connectivity index (χ0v) is 23.6. The third kappa shape index (κ3) is 11.8. The molecule has 5 N–H and O–H groups in total. The second-order valence-corrected chi connectivity index (χ2v) is 9.93. The maximum atomic E-state index is 13.9. The molecule has 0 aliphatic carbocycles. The van der Waals surface area contributed by atoms with E-state index >= 15 is 0 Å². The number of aryl methyl sites for hydroxylation is 1. The highest BCUT2D eigenvalue weighted by Crippen LogP contribution is 2.13. The van der Waals surface area contributed by atoms with Gasteiger partial charge in [-0.15, -0.1) is 0 Å². The summed E-state index contributed by atoms with van der Waals surface area (Å²) < 4.78 is 27.8. The molecule has 0 aliphatic heterocycles. The number of hydrogen-bond donors (Lipinski definition) is 5. The summed E-state index contributed by atoms with van der Waals surface area (Å²) in [5, 5.41) is 21.9. The van der Waals surface area contributed by atoms with Crippen molar-refractivity contribution in [3.8, 4) is 0 Å². The molecule has 0 spiro atoms. The highest BCUT2D eigenvalue weighted by molar-refractivity contribution is 5.88. The van der Waals surface area contributed by atoms with Crippen molar-refractivity contribution >= 4 is 17.7 Å². The lowest BCUT2D eigenvalue weighted by molar-refractivity contribution is -0.125. The van der Waals surface area contributed by atoms with Crippen molar-refractivity contribution in [2.75, 3.05) is 13.6 Å². The van der Waals surface area contributed by atoms with Gasteiger partial charge in [0.25, 0.3) is 0 Å². The molecule has 0 aromatic heterocycles. The van der Waals surface area contributed by atoms with Gasteiger partial charge < -0.3 is 26.4 Å². The first-order valence-corrected chi connectivity index (χ1v) is 13.9. The Bertz CT molecular complexity index is 1090. The minimum Gasteiger partial charge on any atom is -0.390 e. The van der Waals surface area contributed by atoms with Crippen molar-refractivity contribution in [1.82, 2.24) is 21.3 Å². The molecule has 0 fully saturated rings. The predicted molar refractivity (Wildman–Crippen MR) is 151 cm³/mol. The third-order valence-corrected chi connectivity index (χ3v) is 6.62. The molecule has 0 saturated heterocycles. The second-order valence-electron chi connectivity index (χ2n) is 9.93. The molecule has 0 aliphatic rings. The standard InChI is InChI=1S/C30H42F2N4O4/c1-4-6-10-25(37)11-12-26(36-30(40)33-3)29(39)35-27(16-22-14-23(31)17-24(32)15-22)28(38)19-34-18-21-9-7-8-20(5-2)13-21/h7-9,13-15,17,26-28,34,38H,4-6,10-12,16,18-19H2,1-3H3,(H,35,39)(H2,33,36,40)/t26?,27-,28+/m0/s1. The summed E-state index contributed by atoms with van der Waals surface area (Å²) in [5.74, 6) is -2.16. The smallest absolute Gasteiger partial charge is 0.315 e. The van der Waals surface area contributed by atoms with E-state index in [2.05, 4.69) is 34.3 Å². The molecular weight excluding hydrogens is 518 g/mol. The maximum absolute atomic E-state index is 13.9. The van der Waals surface area contributed by atoms with E-state index in [1.165, 1.54) is 12.6 Å². The molecule has 0 saturated carbocycles. The van der Waals surface area contributed by atoms with Crippen LogP contribution in [-0.2, 0) is 29.0 Å². The van der Waals surface area contributed by atoms with Crippen LogP contribution in [0.15, 0.2) is 42.5 Å². The molecule has 2 aromatic carbocycles. The number of unbranched alkanes of at least 4 members (excludes halogenated alkanes) is 1. The SMILES string of the molecule is CCCCC(=O)CCC(NC(=O)NC)C(=O)N[C@@H](Cc1cc(F)cc(F)c1)[C@H](O)CNCc1cccc(CC)c1. The van der Waals surface area contributed by atoms with Gasteiger partial charge in [-0.1, -0.05) is 44.5 Å². The summed E-state index contributed by atoms with van der Waals surface area (Å²) in [7, 11) is 1.41. The summed E-state index contributed by atoms with van der Waals surface area (Å²) in [6.07, 6.45) is 1.88. The fraction of sp³-hybridized carbons (Fsp3) is 0.500. The summed E-state index contributed by atoms with van der Waals surface area (Å²) in [5.41, 5.74) is 2.46. The van der Waals surface area contributed by atoms with Crippen LogP contribution in [0.5, 0.6) is 0 Å². The Morgan fingerprint density at radius 3 is 2.27 bits per heavy atom. The Morgan fingerprint density at radius 2 is 1.62 bits per heavy atom. The number of carbonyl (C=O) groups is 3. The van der Waals surface area contributed by atoms with E-state index in [1.807, 2.05) is 25.1 Å². The van der Waals surface area contributed by atoms with Crippen LogP contribution in [0.3, 0.4) is 0 Å². The van der Waals surface area contributed by atoms with Crippen molar-refractivity contribution in [2.45, 2.75) is 83.5 Å². The lowest BCUT2D eigenvalue weighted by Crippen LogP contribution is -2.55. The average molecular weight is 561 g/mol. The van der Waals surface area contributed by atoms with E-state index in [4.69, 9.17) is 0 Å². The molecule has 220 valence electrons. The number of ketones is 1. The summed E-state index contributed by atoms with van der Waals surface area (Å²) in [4.78, 5) is 37.5. The quantitative estimate of drug-likeness (QED) is 0.203. The second kappa shape index (κ2) is 17.3. The van der Waals surface area contributed by atoms with Crippen LogP contribution < -0.4 is 21.3 Å². The molecule has 2 aromatic rings. The lowest BCUT2D eigenvalue weighted by atomic mass is 9.99. The highest BCUT2D eigenvalue weighted by Gasteiger charge is 2.27. The Balaban J connectivity index is 2.16. The number of nitrogens with one attached hydrogen (secondary N) is 4. The molecule has 3 atom stereocenters. The summed E-state index contributed by atoms with van der Waals surface area (Å²) in [6.45, 7) is 4.60. The van der Waals surface area contributed by atoms with Crippen LogP contribution in [0.25, 0.3) is 0 Å². The number of hydrogen-bond acceptors (Lipinski definition) is 5. The van der Waals surface area contributed by atoms with Gasteiger partial charge in [-0.2, -0.15) is 0 Å². The molecule has 2 rings (SSSR count). The normalized spacial score (nSPS) is 13.2. The maximum Gasteiger partial charge on any atom is 0.315 e. The fourth-order valence-electron chi connectivity index (χ4n) is 4.32. The Morgan fingerprint density at radius 1 is 0.925 bits per heavy atom. The van der Waals surface area contributed by atoms with E-state index < -0.39 is 41.8 Å². The van der Waals surface area contributed by atoms with Gasteiger partial charge in [0.1, 0.15) is 23.5 Å². The average Bonchev–Trinajstić information content (AvgIpc) is 2.92. The number of Topliss-reactive ketones (excluding diaryl/α,β-unsaturated/α-hetero) is 1. The monoisotopic (exact) mass is 560 g/mol. The largest absolute Gasteiger partial charge is 0.390 e. The lowest BCUT2D eigenvalue weighted by Gasteiger charge is -2.27. The molecule has 10 heteroatoms. The van der Waals surface area contributed by atoms with Crippen LogP contribution in [0.1, 0.15) is 62.6 Å². The topological polar surface area (TPSA) is 120 Å². The third-order valence-electron chi connectivity index (χ3n) is 6.62. The molecule has 40 heavy (non-hydrogen) atoms. The molecule has 0 bridgehead atoms. The number of aliphatic hydroxyl groups is 1. The predicted octanol–water partition coefficient (Wildman–Crippen LogP) is 3.54. The van der Waals surface area contributed by atoms with E-state index in [-0.39, 0.29) is 37.2 Å². The summed E-state index contributed by atoms with van der Waals surface area (Å²) in [6, 6.07) is 8.47. The zero-order chi connectivity index (χ0) is 29.5. The van der Waals surface area contributed by atoms with Gasteiger partial charge in [0.2, 0.25) is 5.91 Å². The Kier molecular flexibility index (Phi) is 14.2. The van der Waals surface area contributed by atoms with Crippen LogP contribution in [0.2, 0.25) is 0 Å². The van der Waals surface area contributed by atoms with E-state index in [0.29, 0.717) is 13.0 Å². The van der Waals surface area contributed by atoms with Gasteiger partial charge in [-0.25, -0.2) is 13.6 Å². The van der Waals surface area contributed by atoms with E-state index in [9.17, 15) is 28.3 Å². The van der Waals surface area contributed by atoms with Gasteiger partial charge in [-0.3, -0.25) is 9.59 Å². The number of rotatable bonds is 17. The van der Waals surface area contributed by atoms with E-state index in [0.717, 1.165) is 43.0 Å². The number of carbonyl (C=O) groups excluding carboxylic acids is 3. The molecule has 0 heterocycles. The van der Waals surface area contributed by atoms with Gasteiger partial charge in [-0.05, 0) is 54.5 Å². The molecule has 0 radical (unpaired) electrons. The van der Waals surface area contributed by atoms with Crippen LogP contribution in [-0.4, -0.2) is 54.6 Å². The van der Waals surface area contributed by atoms with Crippen LogP contribution in [0, 0.1) is 11.6 Å². The number of urea groups is 1. The van der Waals surface area contributed by atoms with Crippen molar-refractivity contribution in [2.24, 2.45) is 0 Å². The first-order chi connectivity index (χ1) is 19.1. The van der Waals surface area contributed by atoms with Gasteiger partial charge in [0.05, 0.1) is 12.1 Å². The minimum absolute atomic E-state index is 0.0125. The number of amides is 3. The Hall–Kier alpha value is -3.37. The van der Waals surface area contributed by atoms with Crippen molar-refractivity contribution in [3.05, 3.63) is 70.8 Å². The number of benzene rings is 2. The zero-order valence-electron chi connectivity index (χ0n) is 23.6. The molecular formula is C30H42F2N4O4. The van der Waals surface area contributed by atoms with Crippen molar-refractivity contribution < 1.29 is 28.3 Å². The number of aliphatic hydroxyl groups excluding tert-OH is 1. The van der Waals surface area contributed by atoms with Crippen LogP contribution in [0.4, 0.5) is 13.6 Å². The van der Waals surface area contributed by atoms with Crippen LogP contribution >= 0.6 is 0 Å². The first kappa shape index (κ1) is 32.8. The Labute approximate surface area is 235 Å². The first-order valence-electron chi connectivity index (χ1n) is 13.9. The number of halogens is 2. The van der Waals surface area contributed by atoms with Gasteiger partial charge in [0.15, 0.2) is 0 Å².